The van der Waals surface area contributed by atoms with Gasteiger partial charge in [0.1, 0.15) is 18.1 Å². The standard InChI is InChI=1S/C48H64N6O6S2/c1-9-14-37(55)32-48(7,8)60-27-25-47(5,6)54-44-38-16-11-10-15-35(38)33-53(40-18-13-12-17-39(40)43(44)51-52-54)42(57)24-23-41(56)49-26-29-61-62-30-28-59-45(58)50-36-21-19-34(20-22-36)31-46(2,3)4/h10-13,15-22H,9,14,23-33H2,1-8H3,(H,49,56)(H,50,58). The van der Waals surface area contributed by atoms with Crippen molar-refractivity contribution in [1.82, 2.24) is 20.3 Å². The molecule has 3 aromatic carbocycles. The van der Waals surface area contributed by atoms with E-state index in [1.54, 1.807) is 26.5 Å². The molecule has 3 amide bonds. The molecule has 0 radical (unpaired) electrons. The van der Waals surface area contributed by atoms with Gasteiger partial charge in [-0.25, -0.2) is 9.48 Å². The number of rotatable bonds is 21. The lowest BCUT2D eigenvalue weighted by atomic mass is 9.88. The van der Waals surface area contributed by atoms with Crippen molar-refractivity contribution in [3.05, 3.63) is 83.9 Å². The summed E-state index contributed by atoms with van der Waals surface area (Å²) in [6.07, 6.45) is 2.95. The second-order valence-corrected chi connectivity index (χ2v) is 20.9. The summed E-state index contributed by atoms with van der Waals surface area (Å²) >= 11 is 0. The normalized spacial score (nSPS) is 12.7. The van der Waals surface area contributed by atoms with E-state index in [9.17, 15) is 19.2 Å². The van der Waals surface area contributed by atoms with Crippen LogP contribution in [-0.4, -0.2) is 75.5 Å². The third-order valence-corrected chi connectivity index (χ3v) is 12.8. The lowest BCUT2D eigenvalue weighted by molar-refractivity contribution is -0.126. The average molecular weight is 885 g/mol. The maximum Gasteiger partial charge on any atom is 0.411 e. The van der Waals surface area contributed by atoms with Crippen LogP contribution in [0.5, 0.6) is 0 Å². The molecule has 14 heteroatoms. The summed E-state index contributed by atoms with van der Waals surface area (Å²) in [6.45, 7) is 18.2. The fourth-order valence-electron chi connectivity index (χ4n) is 7.42. The number of nitrogens with zero attached hydrogens (tertiary/aromatic N) is 4. The summed E-state index contributed by atoms with van der Waals surface area (Å²) in [7, 11) is 3.15. The number of aromatic nitrogens is 3. The topological polar surface area (TPSA) is 145 Å². The minimum Gasteiger partial charge on any atom is -0.448 e. The van der Waals surface area contributed by atoms with Crippen LogP contribution >= 0.6 is 21.6 Å². The highest BCUT2D eigenvalue weighted by atomic mass is 33.1. The number of para-hydroxylation sites is 1. The molecule has 0 unspecified atom stereocenters. The van der Waals surface area contributed by atoms with Crippen LogP contribution in [0.15, 0.2) is 72.8 Å². The number of Topliss-reactive ketones (excluding diaryl/α,β-unsaturated/α-hetero) is 1. The zero-order chi connectivity index (χ0) is 44.9. The first-order chi connectivity index (χ1) is 29.5. The molecule has 1 aromatic heterocycles. The number of carbonyl (C=O) groups excluding carboxylic acids is 4. The van der Waals surface area contributed by atoms with Crippen molar-refractivity contribution in [2.75, 3.05) is 41.5 Å². The molecule has 4 aromatic rings. The molecular formula is C48H64N6O6S2. The van der Waals surface area contributed by atoms with Gasteiger partial charge in [0.2, 0.25) is 11.8 Å². The van der Waals surface area contributed by atoms with Crippen molar-refractivity contribution in [3.8, 4) is 22.5 Å². The Kier molecular flexibility index (Phi) is 17.3. The molecule has 5 rings (SSSR count). The van der Waals surface area contributed by atoms with E-state index in [0.29, 0.717) is 67.5 Å². The van der Waals surface area contributed by atoms with E-state index in [0.717, 1.165) is 35.2 Å². The molecule has 1 aliphatic rings. The summed E-state index contributed by atoms with van der Waals surface area (Å²) in [6, 6.07) is 23.5. The first kappa shape index (κ1) is 48.4. The average Bonchev–Trinajstić information content (AvgIpc) is 3.65. The van der Waals surface area contributed by atoms with E-state index in [1.165, 1.54) is 5.56 Å². The van der Waals surface area contributed by atoms with Crippen LogP contribution in [0.3, 0.4) is 0 Å². The van der Waals surface area contributed by atoms with Gasteiger partial charge in [-0.3, -0.25) is 19.7 Å². The fraction of sp³-hybridized carbons (Fsp3) is 0.500. The number of ketones is 1. The minimum absolute atomic E-state index is 0.0393. The highest BCUT2D eigenvalue weighted by Gasteiger charge is 2.34. The monoisotopic (exact) mass is 884 g/mol. The SMILES string of the molecule is CCCC(=O)CC(C)(C)OCCC(C)(C)n1nnc2c1-c1ccccc1CN(C(=O)CCC(=O)NCCSSCCOC(=O)Nc1ccc(CC(C)(C)C)cc1)c1ccccc1-2. The second-order valence-electron chi connectivity index (χ2n) is 18.2. The summed E-state index contributed by atoms with van der Waals surface area (Å²) in [5.74, 6) is 1.13. The van der Waals surface area contributed by atoms with Gasteiger partial charge in [0.25, 0.3) is 0 Å². The van der Waals surface area contributed by atoms with E-state index in [-0.39, 0.29) is 42.5 Å². The first-order valence-electron chi connectivity index (χ1n) is 21.6. The molecule has 2 N–H and O–H groups in total. The molecule has 334 valence electrons. The van der Waals surface area contributed by atoms with Crippen LogP contribution < -0.4 is 15.5 Å². The summed E-state index contributed by atoms with van der Waals surface area (Å²) < 4.78 is 13.6. The number of carbonyl (C=O) groups is 4. The van der Waals surface area contributed by atoms with Crippen molar-refractivity contribution in [1.29, 1.82) is 0 Å². The molecule has 0 spiro atoms. The number of benzene rings is 3. The zero-order valence-corrected chi connectivity index (χ0v) is 39.3. The van der Waals surface area contributed by atoms with Crippen molar-refractivity contribution >= 4 is 56.7 Å². The largest absolute Gasteiger partial charge is 0.448 e. The molecule has 0 fully saturated rings. The number of anilines is 2. The molecule has 0 aliphatic carbocycles. The van der Waals surface area contributed by atoms with Crippen molar-refractivity contribution < 1.29 is 28.7 Å². The van der Waals surface area contributed by atoms with Gasteiger partial charge in [0.05, 0.1) is 29.1 Å². The Hall–Kier alpha value is -4.66. The van der Waals surface area contributed by atoms with Crippen LogP contribution in [-0.2, 0) is 42.4 Å². The zero-order valence-electron chi connectivity index (χ0n) is 37.7. The third kappa shape index (κ3) is 14.2. The van der Waals surface area contributed by atoms with E-state index in [2.05, 4.69) is 45.3 Å². The van der Waals surface area contributed by atoms with Gasteiger partial charge in [-0.15, -0.1) is 5.10 Å². The summed E-state index contributed by atoms with van der Waals surface area (Å²) in [4.78, 5) is 53.3. The molecule has 0 saturated carbocycles. The van der Waals surface area contributed by atoms with Crippen molar-refractivity contribution in [2.24, 2.45) is 5.41 Å². The van der Waals surface area contributed by atoms with E-state index in [4.69, 9.17) is 19.8 Å². The third-order valence-electron chi connectivity index (χ3n) is 10.4. The van der Waals surface area contributed by atoms with E-state index in [1.807, 2.05) is 98.2 Å². The number of fused-ring (bicyclic) bond motifs is 5. The maximum absolute atomic E-state index is 14.0. The molecule has 0 atom stereocenters. The predicted octanol–water partition coefficient (Wildman–Crippen LogP) is 10.3. The van der Waals surface area contributed by atoms with Gasteiger partial charge in [-0.2, -0.15) is 0 Å². The Bertz CT molecular complexity index is 2150. The summed E-state index contributed by atoms with van der Waals surface area (Å²) in [5, 5.41) is 15.2. The molecule has 0 bridgehead atoms. The van der Waals surface area contributed by atoms with Crippen LogP contribution in [0.2, 0.25) is 0 Å². The minimum atomic E-state index is -0.570. The van der Waals surface area contributed by atoms with Crippen LogP contribution in [0, 0.1) is 5.41 Å². The number of amides is 3. The molecule has 1 aliphatic heterocycles. The van der Waals surface area contributed by atoms with Gasteiger partial charge in [0.15, 0.2) is 0 Å². The lowest BCUT2D eigenvalue weighted by Gasteiger charge is -2.32. The van der Waals surface area contributed by atoms with Crippen molar-refractivity contribution in [3.63, 3.8) is 0 Å². The smallest absolute Gasteiger partial charge is 0.411 e. The molecule has 62 heavy (non-hydrogen) atoms. The highest BCUT2D eigenvalue weighted by Crippen LogP contribution is 2.43. The van der Waals surface area contributed by atoms with Crippen LogP contribution in [0.1, 0.15) is 105 Å². The Morgan fingerprint density at radius 1 is 0.806 bits per heavy atom. The van der Waals surface area contributed by atoms with Crippen LogP contribution in [0.25, 0.3) is 22.5 Å². The van der Waals surface area contributed by atoms with Gasteiger partial charge < -0.3 is 19.7 Å². The van der Waals surface area contributed by atoms with Crippen molar-refractivity contribution in [2.45, 2.75) is 118 Å². The Balaban J connectivity index is 1.11. The number of ether oxygens (including phenoxy) is 2. The van der Waals surface area contributed by atoms with Gasteiger partial charge in [0, 0.05) is 67.2 Å². The maximum atomic E-state index is 14.0. The summed E-state index contributed by atoms with van der Waals surface area (Å²) in [5.41, 5.74) is 5.93. The Morgan fingerprint density at radius 3 is 2.23 bits per heavy atom. The van der Waals surface area contributed by atoms with Gasteiger partial charge in [-0.05, 0) is 81.7 Å². The first-order valence-corrected chi connectivity index (χ1v) is 24.1. The quantitative estimate of drug-likeness (QED) is 0.0613. The molecular weight excluding hydrogens is 821 g/mol. The number of hydrogen-bond donors (Lipinski definition) is 2. The van der Waals surface area contributed by atoms with Gasteiger partial charge in [-0.1, -0.05) is 109 Å². The molecule has 2 heterocycles. The second kappa shape index (κ2) is 22.1. The van der Waals surface area contributed by atoms with E-state index < -0.39 is 17.2 Å². The molecule has 12 nitrogen and oxygen atoms in total. The Labute approximate surface area is 375 Å². The van der Waals surface area contributed by atoms with Gasteiger partial charge >= 0.3 is 6.09 Å². The molecule has 0 saturated heterocycles. The highest BCUT2D eigenvalue weighted by molar-refractivity contribution is 8.76. The predicted molar refractivity (Wildman–Crippen MR) is 252 cm³/mol. The van der Waals surface area contributed by atoms with E-state index >= 15 is 0 Å². The van der Waals surface area contributed by atoms with Crippen LogP contribution in [0.4, 0.5) is 16.2 Å². The number of nitrogens with one attached hydrogen (secondary N) is 2. The lowest BCUT2D eigenvalue weighted by Crippen LogP contribution is -2.35. The number of hydrogen-bond acceptors (Lipinski definition) is 10. The fourth-order valence-corrected chi connectivity index (χ4v) is 9.15. The Morgan fingerprint density at radius 2 is 1.50 bits per heavy atom.